The molecule has 26 heavy (non-hydrogen) atoms. The average Bonchev–Trinajstić information content (AvgIpc) is 2.59. The van der Waals surface area contributed by atoms with Gasteiger partial charge in [-0.05, 0) is 36.2 Å². The van der Waals surface area contributed by atoms with Gasteiger partial charge in [-0.25, -0.2) is 8.42 Å². The van der Waals surface area contributed by atoms with E-state index in [2.05, 4.69) is 5.32 Å². The van der Waals surface area contributed by atoms with Crippen molar-refractivity contribution in [2.24, 2.45) is 0 Å². The molecule has 0 unspecified atom stereocenters. The number of hydrogen-bond donors (Lipinski definition) is 1. The third-order valence-electron chi connectivity index (χ3n) is 3.83. The number of sulfone groups is 1. The number of rotatable bonds is 6. The van der Waals surface area contributed by atoms with Gasteiger partial charge in [-0.3, -0.25) is 14.9 Å². The highest BCUT2D eigenvalue weighted by Crippen LogP contribution is 2.26. The molecule has 2 aromatic carbocycles. The molecule has 0 aliphatic heterocycles. The van der Waals surface area contributed by atoms with E-state index in [-0.39, 0.29) is 27.2 Å². The largest absolute Gasteiger partial charge is 0.345 e. The number of nitrogens with one attached hydrogen (secondary N) is 1. The van der Waals surface area contributed by atoms with Gasteiger partial charge in [0.05, 0.1) is 15.9 Å². The molecule has 0 aromatic heterocycles. The lowest BCUT2D eigenvalue weighted by Crippen LogP contribution is -2.28. The Hall–Kier alpha value is -2.45. The predicted octanol–water partition coefficient (Wildman–Crippen LogP) is 3.53. The standard InChI is InChI=1S/C17H17ClN2O5S/c1-3-15(11-4-7-13(8-5-11)26(2,24)25)19-17(21)12-6-9-14(18)16(10-12)20(22)23/h4-10,15H,3H2,1-2H3,(H,19,21)/t15-/m1/s1. The maximum atomic E-state index is 12.4. The van der Waals surface area contributed by atoms with Crippen LogP contribution in [0.15, 0.2) is 47.4 Å². The first-order chi connectivity index (χ1) is 12.1. The van der Waals surface area contributed by atoms with Gasteiger partial charge in [-0.1, -0.05) is 30.7 Å². The average molecular weight is 397 g/mol. The van der Waals surface area contributed by atoms with Gasteiger partial charge in [-0.15, -0.1) is 0 Å². The topological polar surface area (TPSA) is 106 Å². The van der Waals surface area contributed by atoms with Gasteiger partial charge in [0, 0.05) is 17.9 Å². The molecule has 0 aliphatic rings. The first-order valence-electron chi connectivity index (χ1n) is 7.68. The van der Waals surface area contributed by atoms with Crippen LogP contribution in [0.4, 0.5) is 5.69 Å². The van der Waals surface area contributed by atoms with Crippen LogP contribution < -0.4 is 5.32 Å². The van der Waals surface area contributed by atoms with E-state index >= 15 is 0 Å². The summed E-state index contributed by atoms with van der Waals surface area (Å²) in [5.41, 5.74) is 0.508. The third-order valence-corrected chi connectivity index (χ3v) is 5.28. The number of carbonyl (C=O) groups is 1. The highest BCUT2D eigenvalue weighted by Gasteiger charge is 2.19. The van der Waals surface area contributed by atoms with Gasteiger partial charge in [0.25, 0.3) is 11.6 Å². The van der Waals surface area contributed by atoms with Gasteiger partial charge in [0.1, 0.15) is 5.02 Å². The van der Waals surface area contributed by atoms with Crippen LogP contribution in [-0.2, 0) is 9.84 Å². The molecule has 0 saturated carbocycles. The molecule has 0 aliphatic carbocycles. The lowest BCUT2D eigenvalue weighted by molar-refractivity contribution is -0.384. The molecule has 0 radical (unpaired) electrons. The van der Waals surface area contributed by atoms with E-state index in [1.807, 2.05) is 6.92 Å². The second kappa shape index (κ2) is 7.84. The lowest BCUT2D eigenvalue weighted by atomic mass is 10.0. The van der Waals surface area contributed by atoms with Gasteiger partial charge in [-0.2, -0.15) is 0 Å². The summed E-state index contributed by atoms with van der Waals surface area (Å²) >= 11 is 5.75. The zero-order valence-corrected chi connectivity index (χ0v) is 15.7. The number of benzene rings is 2. The number of nitrogens with zero attached hydrogens (tertiary/aromatic N) is 1. The van der Waals surface area contributed by atoms with Crippen LogP contribution in [-0.4, -0.2) is 25.5 Å². The molecule has 0 spiro atoms. The first-order valence-corrected chi connectivity index (χ1v) is 9.95. The maximum Gasteiger partial charge on any atom is 0.288 e. The van der Waals surface area contributed by atoms with Crippen LogP contribution in [0.25, 0.3) is 0 Å². The monoisotopic (exact) mass is 396 g/mol. The normalized spacial score (nSPS) is 12.4. The fraction of sp³-hybridized carbons (Fsp3) is 0.235. The number of nitro benzene ring substituents is 1. The highest BCUT2D eigenvalue weighted by molar-refractivity contribution is 7.90. The quantitative estimate of drug-likeness (QED) is 0.593. The van der Waals surface area contributed by atoms with E-state index in [1.54, 1.807) is 12.1 Å². The number of nitro groups is 1. The lowest BCUT2D eigenvalue weighted by Gasteiger charge is -2.18. The van der Waals surface area contributed by atoms with Crippen molar-refractivity contribution in [2.75, 3.05) is 6.26 Å². The van der Waals surface area contributed by atoms with E-state index in [0.29, 0.717) is 6.42 Å². The van der Waals surface area contributed by atoms with Crippen molar-refractivity contribution in [1.82, 2.24) is 5.32 Å². The van der Waals surface area contributed by atoms with Crippen molar-refractivity contribution >= 4 is 33.0 Å². The molecule has 2 aromatic rings. The summed E-state index contributed by atoms with van der Waals surface area (Å²) in [6, 6.07) is 9.69. The summed E-state index contributed by atoms with van der Waals surface area (Å²) < 4.78 is 23.1. The fourth-order valence-electron chi connectivity index (χ4n) is 2.40. The number of hydrogen-bond acceptors (Lipinski definition) is 5. The summed E-state index contributed by atoms with van der Waals surface area (Å²) in [7, 11) is -3.30. The molecular formula is C17H17ClN2O5S. The van der Waals surface area contributed by atoms with Crippen molar-refractivity contribution in [1.29, 1.82) is 0 Å². The van der Waals surface area contributed by atoms with Crippen LogP contribution in [0.1, 0.15) is 35.3 Å². The molecule has 2 rings (SSSR count). The zero-order valence-electron chi connectivity index (χ0n) is 14.1. The SMILES string of the molecule is CC[C@@H](NC(=O)c1ccc(Cl)c([N+](=O)[O-])c1)c1ccc(S(C)(=O)=O)cc1. The molecule has 0 bridgehead atoms. The molecule has 0 fully saturated rings. The van der Waals surface area contributed by atoms with Crippen molar-refractivity contribution in [3.05, 3.63) is 68.7 Å². The van der Waals surface area contributed by atoms with Crippen LogP contribution in [0, 0.1) is 10.1 Å². The Kier molecular flexibility index (Phi) is 5.99. The number of halogens is 1. The van der Waals surface area contributed by atoms with Crippen molar-refractivity contribution in [3.63, 3.8) is 0 Å². The molecule has 1 amide bonds. The highest BCUT2D eigenvalue weighted by atomic mass is 35.5. The summed E-state index contributed by atoms with van der Waals surface area (Å²) in [4.78, 5) is 22.9. The smallest absolute Gasteiger partial charge is 0.288 e. The van der Waals surface area contributed by atoms with Crippen molar-refractivity contribution in [2.45, 2.75) is 24.3 Å². The minimum atomic E-state index is -3.30. The molecule has 9 heteroatoms. The van der Waals surface area contributed by atoms with Gasteiger partial charge in [0.2, 0.25) is 0 Å². The van der Waals surface area contributed by atoms with E-state index < -0.39 is 20.7 Å². The first kappa shape index (κ1) is 19.9. The minimum absolute atomic E-state index is 0.0463. The summed E-state index contributed by atoms with van der Waals surface area (Å²) in [5, 5.41) is 13.7. The number of amides is 1. The van der Waals surface area contributed by atoms with Gasteiger partial charge >= 0.3 is 0 Å². The second-order valence-electron chi connectivity index (χ2n) is 5.70. The Balaban J connectivity index is 2.23. The molecule has 0 heterocycles. The Morgan fingerprint density at radius 1 is 1.23 bits per heavy atom. The summed E-state index contributed by atoms with van der Waals surface area (Å²) in [5.74, 6) is -0.483. The molecule has 1 atom stereocenters. The van der Waals surface area contributed by atoms with Gasteiger partial charge < -0.3 is 5.32 Å². The Labute approximate surface area is 156 Å². The number of carbonyl (C=O) groups excluding carboxylic acids is 1. The van der Waals surface area contributed by atoms with E-state index in [1.165, 1.54) is 24.3 Å². The fourth-order valence-corrected chi connectivity index (χ4v) is 3.22. The third kappa shape index (κ3) is 4.59. The van der Waals surface area contributed by atoms with E-state index in [9.17, 15) is 23.3 Å². The minimum Gasteiger partial charge on any atom is -0.345 e. The second-order valence-corrected chi connectivity index (χ2v) is 8.12. The Bertz CT molecular complexity index is 942. The molecule has 7 nitrogen and oxygen atoms in total. The van der Waals surface area contributed by atoms with E-state index in [0.717, 1.165) is 17.9 Å². The van der Waals surface area contributed by atoms with Crippen LogP contribution in [0.2, 0.25) is 5.02 Å². The molecule has 138 valence electrons. The van der Waals surface area contributed by atoms with Gasteiger partial charge in [0.15, 0.2) is 9.84 Å². The Morgan fingerprint density at radius 2 is 1.85 bits per heavy atom. The Morgan fingerprint density at radius 3 is 2.35 bits per heavy atom. The summed E-state index contributed by atoms with van der Waals surface area (Å²) in [6.07, 6.45) is 1.67. The maximum absolute atomic E-state index is 12.4. The van der Waals surface area contributed by atoms with Crippen LogP contribution in [0.3, 0.4) is 0 Å². The predicted molar refractivity (Wildman–Crippen MR) is 98.2 cm³/mol. The van der Waals surface area contributed by atoms with Crippen molar-refractivity contribution in [3.8, 4) is 0 Å². The molecular weight excluding hydrogens is 380 g/mol. The van der Waals surface area contributed by atoms with Crippen LogP contribution in [0.5, 0.6) is 0 Å². The summed E-state index contributed by atoms with van der Waals surface area (Å²) in [6.45, 7) is 1.86. The molecule has 0 saturated heterocycles. The molecule has 1 N–H and O–H groups in total. The van der Waals surface area contributed by atoms with Crippen LogP contribution >= 0.6 is 11.6 Å². The zero-order chi connectivity index (χ0) is 19.5. The van der Waals surface area contributed by atoms with E-state index in [4.69, 9.17) is 11.6 Å². The van der Waals surface area contributed by atoms with Crippen molar-refractivity contribution < 1.29 is 18.1 Å².